The average Bonchev–Trinajstić information content (AvgIpc) is 3.43. The first-order valence-corrected chi connectivity index (χ1v) is 10.7. The highest BCUT2D eigenvalue weighted by Gasteiger charge is 2.37. The molecular formula is C23H22F3N5O3. The van der Waals surface area contributed by atoms with Gasteiger partial charge in [-0.05, 0) is 30.2 Å². The number of nitrogens with one attached hydrogen (secondary N) is 1. The van der Waals surface area contributed by atoms with Gasteiger partial charge in [-0.2, -0.15) is 13.2 Å². The minimum atomic E-state index is -4.55. The monoisotopic (exact) mass is 473 g/mol. The molecule has 8 nitrogen and oxygen atoms in total. The minimum absolute atomic E-state index is 0.166. The first-order valence-electron chi connectivity index (χ1n) is 10.7. The molecule has 1 aromatic carbocycles. The second kappa shape index (κ2) is 7.73. The molecule has 0 saturated heterocycles. The number of nitrogen functional groups attached to an aromatic ring is 1. The molecule has 4 heterocycles. The van der Waals surface area contributed by atoms with Gasteiger partial charge >= 0.3 is 6.18 Å². The molecular weight excluding hydrogens is 451 g/mol. The Labute approximate surface area is 192 Å². The molecule has 5 rings (SSSR count). The number of halogens is 3. The van der Waals surface area contributed by atoms with E-state index in [1.165, 1.54) is 22.8 Å². The van der Waals surface area contributed by atoms with Crippen LogP contribution in [0.2, 0.25) is 0 Å². The van der Waals surface area contributed by atoms with E-state index in [2.05, 4.69) is 9.97 Å². The van der Waals surface area contributed by atoms with Crippen molar-refractivity contribution in [1.82, 2.24) is 14.9 Å². The quantitative estimate of drug-likeness (QED) is 0.590. The fraction of sp³-hybridized carbons (Fsp3) is 0.348. The van der Waals surface area contributed by atoms with E-state index >= 15 is 0 Å². The van der Waals surface area contributed by atoms with Gasteiger partial charge in [0.05, 0.1) is 35.9 Å². The minimum Gasteiger partial charge on any atom is -0.383 e. The lowest BCUT2D eigenvalue weighted by Crippen LogP contribution is -2.41. The molecule has 0 bridgehead atoms. The Morgan fingerprint density at radius 1 is 1.24 bits per heavy atom. The summed E-state index contributed by atoms with van der Waals surface area (Å²) in [7, 11) is 1.60. The van der Waals surface area contributed by atoms with Crippen molar-refractivity contribution in [1.29, 1.82) is 0 Å². The van der Waals surface area contributed by atoms with Crippen LogP contribution in [0.25, 0.3) is 11.0 Å². The highest BCUT2D eigenvalue weighted by molar-refractivity contribution is 5.99. The molecule has 2 aromatic heterocycles. The lowest BCUT2D eigenvalue weighted by Gasteiger charge is -2.38. The van der Waals surface area contributed by atoms with Gasteiger partial charge in [0, 0.05) is 37.3 Å². The van der Waals surface area contributed by atoms with Gasteiger partial charge in [-0.3, -0.25) is 9.59 Å². The van der Waals surface area contributed by atoms with Crippen molar-refractivity contribution in [3.8, 4) is 0 Å². The fourth-order valence-electron chi connectivity index (χ4n) is 4.78. The second-order valence-electron chi connectivity index (χ2n) is 8.55. The molecule has 11 heteroatoms. The highest BCUT2D eigenvalue weighted by atomic mass is 19.4. The lowest BCUT2D eigenvalue weighted by molar-refractivity contribution is -0.137. The van der Waals surface area contributed by atoms with Crippen molar-refractivity contribution in [2.75, 3.05) is 24.2 Å². The Hall–Kier alpha value is -3.60. The van der Waals surface area contributed by atoms with Gasteiger partial charge in [0.2, 0.25) is 5.91 Å². The Kier molecular flexibility index (Phi) is 5.05. The van der Waals surface area contributed by atoms with E-state index in [1.54, 1.807) is 13.1 Å². The number of amides is 2. The second-order valence-corrected chi connectivity index (χ2v) is 8.55. The number of rotatable bonds is 2. The number of hydrogen-bond donors (Lipinski definition) is 2. The van der Waals surface area contributed by atoms with Gasteiger partial charge in [0.1, 0.15) is 11.5 Å². The molecule has 0 unspecified atom stereocenters. The van der Waals surface area contributed by atoms with E-state index in [4.69, 9.17) is 10.5 Å². The zero-order valence-electron chi connectivity index (χ0n) is 18.5. The number of aromatic amines is 1. The molecule has 0 radical (unpaired) electrons. The maximum absolute atomic E-state index is 13.4. The summed E-state index contributed by atoms with van der Waals surface area (Å²) >= 11 is 0. The molecule has 2 amide bonds. The van der Waals surface area contributed by atoms with Crippen molar-refractivity contribution >= 4 is 34.4 Å². The first-order chi connectivity index (χ1) is 16.1. The molecule has 34 heavy (non-hydrogen) atoms. The molecule has 3 aromatic rings. The Morgan fingerprint density at radius 3 is 2.68 bits per heavy atom. The number of alkyl halides is 3. The number of nitrogens with two attached hydrogens (primary N) is 1. The van der Waals surface area contributed by atoms with Crippen molar-refractivity contribution in [2.24, 2.45) is 0 Å². The van der Waals surface area contributed by atoms with Crippen LogP contribution in [0.15, 0.2) is 24.3 Å². The normalized spacial score (nSPS) is 17.6. The number of nitrogens with zero attached hydrogens (tertiary/aromatic N) is 3. The van der Waals surface area contributed by atoms with E-state index in [1.807, 2.05) is 0 Å². The third-order valence-corrected chi connectivity index (χ3v) is 6.54. The Bertz CT molecular complexity index is 1330. The predicted octanol–water partition coefficient (Wildman–Crippen LogP) is 3.76. The van der Waals surface area contributed by atoms with Crippen LogP contribution >= 0.6 is 0 Å². The number of anilines is 2. The molecule has 0 saturated carbocycles. The summed E-state index contributed by atoms with van der Waals surface area (Å²) in [5.74, 6) is -0.350. The largest absolute Gasteiger partial charge is 0.416 e. The van der Waals surface area contributed by atoms with Crippen LogP contribution in [0.1, 0.15) is 52.1 Å². The zero-order valence-corrected chi connectivity index (χ0v) is 18.5. The molecule has 2 aliphatic heterocycles. The van der Waals surface area contributed by atoms with Gasteiger partial charge in [-0.25, -0.2) is 4.98 Å². The smallest absolute Gasteiger partial charge is 0.383 e. The summed E-state index contributed by atoms with van der Waals surface area (Å²) in [6.45, 7) is 2.23. The van der Waals surface area contributed by atoms with Gasteiger partial charge in [-0.15, -0.1) is 0 Å². The van der Waals surface area contributed by atoms with E-state index in [9.17, 15) is 22.8 Å². The van der Waals surface area contributed by atoms with Gasteiger partial charge in [0.15, 0.2) is 0 Å². The van der Waals surface area contributed by atoms with Crippen LogP contribution in [0, 0.1) is 0 Å². The molecule has 1 atom stereocenters. The third kappa shape index (κ3) is 3.47. The number of hydrogen-bond acceptors (Lipinski definition) is 5. The number of carbonyl (C=O) groups is 2. The summed E-state index contributed by atoms with van der Waals surface area (Å²) < 4.78 is 45.4. The summed E-state index contributed by atoms with van der Waals surface area (Å²) in [5, 5.41) is 0. The first kappa shape index (κ1) is 22.2. The summed E-state index contributed by atoms with van der Waals surface area (Å²) in [4.78, 5) is 35.8. The third-order valence-electron chi connectivity index (χ3n) is 6.54. The van der Waals surface area contributed by atoms with Crippen molar-refractivity contribution in [3.05, 3.63) is 52.2 Å². The van der Waals surface area contributed by atoms with E-state index in [0.29, 0.717) is 42.0 Å². The van der Waals surface area contributed by atoms with E-state index < -0.39 is 17.8 Å². The number of fused-ring (bicyclic) bond motifs is 4. The predicted molar refractivity (Wildman–Crippen MR) is 118 cm³/mol. The molecule has 178 valence electrons. The topological polar surface area (TPSA) is 105 Å². The van der Waals surface area contributed by atoms with Crippen LogP contribution in [0.5, 0.6) is 0 Å². The maximum atomic E-state index is 13.4. The molecule has 0 fully saturated rings. The molecule has 0 spiro atoms. The average molecular weight is 473 g/mol. The number of aromatic nitrogens is 2. The van der Waals surface area contributed by atoms with Crippen molar-refractivity contribution in [3.63, 3.8) is 0 Å². The van der Waals surface area contributed by atoms with Crippen LogP contribution in [0.4, 0.5) is 24.7 Å². The Balaban J connectivity index is 1.51. The van der Waals surface area contributed by atoms with Gasteiger partial charge in [0.25, 0.3) is 5.91 Å². The number of ether oxygens (including phenoxy) is 1. The summed E-state index contributed by atoms with van der Waals surface area (Å²) in [5.41, 5.74) is 9.00. The number of benzene rings is 1. The van der Waals surface area contributed by atoms with Crippen LogP contribution in [0.3, 0.4) is 0 Å². The summed E-state index contributed by atoms with van der Waals surface area (Å²) in [6, 6.07) is 4.40. The Morgan fingerprint density at radius 2 is 1.97 bits per heavy atom. The lowest BCUT2D eigenvalue weighted by atomic mass is 9.93. The molecule has 0 aliphatic carbocycles. The highest BCUT2D eigenvalue weighted by Crippen LogP contribution is 2.41. The summed E-state index contributed by atoms with van der Waals surface area (Å²) in [6.07, 6.45) is -4.16. The van der Waals surface area contributed by atoms with Crippen LogP contribution in [-0.4, -0.2) is 40.3 Å². The number of carbonyl (C=O) groups excluding carboxylic acids is 2. The molecule has 2 aliphatic rings. The number of H-pyrrole nitrogens is 1. The SMILES string of the molecule is CC(=O)N1CC[C@@H](N(C)C(=O)c2cc3nc(N)c4c(c3[nH]2)COC4)c2ccc(C(F)(F)F)cc21. The standard InChI is InChI=1S/C23H22F3N5O3/c1-11(32)31-6-5-18(13-4-3-12(7-19(13)31)23(24,25)26)30(2)22(33)17-8-16-20(28-17)14-9-34-10-15(14)21(27)29-16/h3-4,7-8,18,28H,5-6,9-10H2,1-2H3,(H2,27,29)/t18-/m1/s1. The van der Waals surface area contributed by atoms with Crippen molar-refractivity contribution in [2.45, 2.75) is 38.8 Å². The van der Waals surface area contributed by atoms with Gasteiger partial charge in [-0.1, -0.05) is 6.07 Å². The van der Waals surface area contributed by atoms with Crippen LogP contribution < -0.4 is 10.6 Å². The van der Waals surface area contributed by atoms with Crippen LogP contribution in [-0.2, 0) is 28.9 Å². The molecule has 3 N–H and O–H groups in total. The van der Waals surface area contributed by atoms with E-state index in [-0.39, 0.29) is 29.7 Å². The van der Waals surface area contributed by atoms with Crippen molar-refractivity contribution < 1.29 is 27.5 Å². The van der Waals surface area contributed by atoms with E-state index in [0.717, 1.165) is 23.3 Å². The maximum Gasteiger partial charge on any atom is 0.416 e. The van der Waals surface area contributed by atoms with Gasteiger partial charge < -0.3 is 25.3 Å². The zero-order chi connectivity index (χ0) is 24.4. The fourth-order valence-corrected chi connectivity index (χ4v) is 4.78. The number of pyridine rings is 1.